The third-order valence-electron chi connectivity index (χ3n) is 3.28. The number of amides is 1. The highest BCUT2D eigenvalue weighted by atomic mass is 32.1. The van der Waals surface area contributed by atoms with Crippen LogP contribution in [0, 0.1) is 0 Å². The van der Waals surface area contributed by atoms with Crippen LogP contribution in [0.2, 0.25) is 0 Å². The smallest absolute Gasteiger partial charge is 0.308 e. The van der Waals surface area contributed by atoms with Crippen molar-refractivity contribution < 1.29 is 28.7 Å². The molecule has 2 N–H and O–H groups in total. The first-order chi connectivity index (χ1) is 12.3. The van der Waals surface area contributed by atoms with Crippen molar-refractivity contribution in [3.8, 4) is 21.9 Å². The van der Waals surface area contributed by atoms with Gasteiger partial charge in [0.05, 0.1) is 6.42 Å². The molecule has 26 heavy (non-hydrogen) atoms. The summed E-state index contributed by atoms with van der Waals surface area (Å²) in [5.74, 6) is -1.64. The number of hydrogen-bond donors (Lipinski definition) is 1. The van der Waals surface area contributed by atoms with E-state index in [0.717, 1.165) is 16.0 Å². The van der Waals surface area contributed by atoms with Gasteiger partial charge in [-0.15, -0.1) is 11.3 Å². The summed E-state index contributed by atoms with van der Waals surface area (Å²) in [4.78, 5) is 46.7. The van der Waals surface area contributed by atoms with E-state index in [-0.39, 0.29) is 29.9 Å². The molecular weight excluding hydrogens is 358 g/mol. The third kappa shape index (κ3) is 4.76. The van der Waals surface area contributed by atoms with Crippen molar-refractivity contribution in [3.63, 3.8) is 0 Å². The molecule has 0 saturated carbocycles. The van der Waals surface area contributed by atoms with E-state index < -0.39 is 17.8 Å². The Morgan fingerprint density at radius 2 is 1.77 bits per heavy atom. The number of aldehydes is 1. The number of thiophene rings is 1. The van der Waals surface area contributed by atoms with E-state index >= 15 is 0 Å². The van der Waals surface area contributed by atoms with Crippen molar-refractivity contribution in [1.82, 2.24) is 0 Å². The van der Waals surface area contributed by atoms with Crippen molar-refractivity contribution in [2.45, 2.75) is 26.7 Å². The summed E-state index contributed by atoms with van der Waals surface area (Å²) in [6.45, 7) is 2.45. The molecule has 0 unspecified atom stereocenters. The van der Waals surface area contributed by atoms with Gasteiger partial charge in [0.1, 0.15) is 17.8 Å². The quantitative estimate of drug-likeness (QED) is 0.450. The number of primary amides is 1. The summed E-state index contributed by atoms with van der Waals surface area (Å²) in [6, 6.07) is 6.71. The lowest BCUT2D eigenvalue weighted by molar-refractivity contribution is -0.132. The van der Waals surface area contributed by atoms with Gasteiger partial charge < -0.3 is 20.0 Å². The minimum absolute atomic E-state index is 0.0981. The summed E-state index contributed by atoms with van der Waals surface area (Å²) < 4.78 is 10.4. The molecule has 1 aromatic carbocycles. The van der Waals surface area contributed by atoms with E-state index in [2.05, 4.69) is 0 Å². The summed E-state index contributed by atoms with van der Waals surface area (Å²) in [5.41, 5.74) is 6.05. The second-order valence-electron chi connectivity index (χ2n) is 5.39. The van der Waals surface area contributed by atoms with Crippen molar-refractivity contribution in [2.75, 3.05) is 0 Å². The molecule has 0 bridgehead atoms. The molecule has 7 nitrogen and oxygen atoms in total. The highest BCUT2D eigenvalue weighted by molar-refractivity contribution is 7.15. The second-order valence-corrected chi connectivity index (χ2v) is 6.55. The zero-order valence-corrected chi connectivity index (χ0v) is 15.1. The van der Waals surface area contributed by atoms with Gasteiger partial charge in [-0.3, -0.25) is 14.4 Å². The van der Waals surface area contributed by atoms with E-state index in [0.29, 0.717) is 5.56 Å². The average Bonchev–Trinajstić information content (AvgIpc) is 2.98. The van der Waals surface area contributed by atoms with Crippen LogP contribution >= 0.6 is 11.3 Å². The van der Waals surface area contributed by atoms with Crippen molar-refractivity contribution >= 4 is 35.5 Å². The first-order valence-corrected chi connectivity index (χ1v) is 8.47. The van der Waals surface area contributed by atoms with E-state index in [1.807, 2.05) is 0 Å². The summed E-state index contributed by atoms with van der Waals surface area (Å²) in [7, 11) is 0. The lowest BCUT2D eigenvalue weighted by atomic mass is 10.0. The number of ether oxygens (including phenoxy) is 2. The molecule has 1 heterocycles. The van der Waals surface area contributed by atoms with Crippen LogP contribution in [0.15, 0.2) is 24.3 Å². The van der Waals surface area contributed by atoms with Gasteiger partial charge in [0.25, 0.3) is 0 Å². The predicted molar refractivity (Wildman–Crippen MR) is 95.0 cm³/mol. The minimum atomic E-state index is -0.670. The van der Waals surface area contributed by atoms with Crippen LogP contribution in [0.4, 0.5) is 0 Å². The maximum Gasteiger partial charge on any atom is 0.308 e. The molecule has 0 radical (unpaired) electrons. The number of rotatable bonds is 7. The molecule has 0 atom stereocenters. The fourth-order valence-corrected chi connectivity index (χ4v) is 3.35. The van der Waals surface area contributed by atoms with E-state index in [1.54, 1.807) is 18.2 Å². The zero-order chi connectivity index (χ0) is 19.3. The Hall–Kier alpha value is -3.00. The lowest BCUT2D eigenvalue weighted by Gasteiger charge is -2.16. The van der Waals surface area contributed by atoms with Crippen molar-refractivity contribution in [3.05, 3.63) is 34.7 Å². The maximum absolute atomic E-state index is 11.6. The first-order valence-electron chi connectivity index (χ1n) is 7.65. The van der Waals surface area contributed by atoms with Crippen molar-refractivity contribution in [2.24, 2.45) is 5.73 Å². The number of esters is 2. The fourth-order valence-electron chi connectivity index (χ4n) is 2.37. The molecule has 2 rings (SSSR count). The molecule has 8 heteroatoms. The van der Waals surface area contributed by atoms with Crippen LogP contribution in [0.5, 0.6) is 11.5 Å². The number of benzene rings is 1. The molecule has 0 aliphatic heterocycles. The van der Waals surface area contributed by atoms with Gasteiger partial charge in [0, 0.05) is 41.1 Å². The molecule has 0 saturated heterocycles. The van der Waals surface area contributed by atoms with Gasteiger partial charge in [0.2, 0.25) is 5.91 Å². The van der Waals surface area contributed by atoms with E-state index in [9.17, 15) is 19.2 Å². The molecule has 0 spiro atoms. The number of nitrogens with two attached hydrogens (primary N) is 1. The zero-order valence-electron chi connectivity index (χ0n) is 14.2. The Balaban J connectivity index is 2.65. The average molecular weight is 375 g/mol. The normalized spacial score (nSPS) is 10.2. The SMILES string of the molecule is CC(=O)Oc1ccc(-c2ccc(CC=O)s2)c(OC(C)=O)c1CC(N)=O. The maximum atomic E-state index is 11.6. The highest BCUT2D eigenvalue weighted by Crippen LogP contribution is 2.41. The Kier molecular flexibility index (Phi) is 6.24. The predicted octanol–water partition coefficient (Wildman–Crippen LogP) is 2.03. The van der Waals surface area contributed by atoms with Gasteiger partial charge in [-0.1, -0.05) is 0 Å². The van der Waals surface area contributed by atoms with Crippen molar-refractivity contribution in [1.29, 1.82) is 0 Å². The summed E-state index contributed by atoms with van der Waals surface area (Å²) in [6.07, 6.45) is 0.795. The van der Waals surface area contributed by atoms with Crippen LogP contribution in [-0.2, 0) is 32.0 Å². The van der Waals surface area contributed by atoms with E-state index in [4.69, 9.17) is 15.2 Å². The van der Waals surface area contributed by atoms with Gasteiger partial charge in [0.15, 0.2) is 0 Å². The molecule has 1 aromatic heterocycles. The van der Waals surface area contributed by atoms with Gasteiger partial charge >= 0.3 is 11.9 Å². The number of carbonyl (C=O) groups excluding carboxylic acids is 4. The van der Waals surface area contributed by atoms with Crippen LogP contribution in [-0.4, -0.2) is 24.1 Å². The second kappa shape index (κ2) is 8.39. The van der Waals surface area contributed by atoms with Crippen LogP contribution in [0.3, 0.4) is 0 Å². The highest BCUT2D eigenvalue weighted by Gasteiger charge is 2.22. The molecule has 0 fully saturated rings. The summed E-state index contributed by atoms with van der Waals surface area (Å²) in [5, 5.41) is 0. The monoisotopic (exact) mass is 375 g/mol. The lowest BCUT2D eigenvalue weighted by Crippen LogP contribution is -2.17. The summed E-state index contributed by atoms with van der Waals surface area (Å²) >= 11 is 1.35. The van der Waals surface area contributed by atoms with Crippen LogP contribution < -0.4 is 15.2 Å². The minimum Gasteiger partial charge on any atom is -0.426 e. The molecule has 2 aromatic rings. The Labute approximate surface area is 153 Å². The molecular formula is C18H17NO6S. The molecule has 0 aliphatic carbocycles. The topological polar surface area (TPSA) is 113 Å². The number of hydrogen-bond acceptors (Lipinski definition) is 7. The Bertz CT molecular complexity index is 871. The molecule has 1 amide bonds. The number of carbonyl (C=O) groups is 4. The fraction of sp³-hybridized carbons (Fsp3) is 0.222. The first kappa shape index (κ1) is 19.3. The standard InChI is InChI=1S/C18H17NO6S/c1-10(21)24-15-5-4-13(16-6-3-12(26-16)7-8-20)18(25-11(2)22)14(15)9-17(19)23/h3-6,8H,7,9H2,1-2H3,(H2,19,23). The molecule has 136 valence electrons. The largest absolute Gasteiger partial charge is 0.426 e. The van der Waals surface area contributed by atoms with Crippen LogP contribution in [0.25, 0.3) is 10.4 Å². The molecule has 0 aliphatic rings. The van der Waals surface area contributed by atoms with Crippen LogP contribution in [0.1, 0.15) is 24.3 Å². The van der Waals surface area contributed by atoms with E-state index in [1.165, 1.54) is 31.3 Å². The van der Waals surface area contributed by atoms with Gasteiger partial charge in [-0.05, 0) is 24.3 Å². The van der Waals surface area contributed by atoms with Gasteiger partial charge in [-0.25, -0.2) is 0 Å². The third-order valence-corrected chi connectivity index (χ3v) is 4.42. The van der Waals surface area contributed by atoms with Gasteiger partial charge in [-0.2, -0.15) is 0 Å². The Morgan fingerprint density at radius 1 is 1.08 bits per heavy atom. The Morgan fingerprint density at radius 3 is 2.35 bits per heavy atom.